The van der Waals surface area contributed by atoms with Gasteiger partial charge in [-0.25, -0.2) is 0 Å². The van der Waals surface area contributed by atoms with E-state index in [1.807, 2.05) is 12.1 Å². The molecule has 0 atom stereocenters. The van der Waals surface area contributed by atoms with Crippen LogP contribution in [0.1, 0.15) is 54.4 Å². The first kappa shape index (κ1) is 13.6. The van der Waals surface area contributed by atoms with Crippen molar-refractivity contribution in [3.63, 3.8) is 0 Å². The Bertz CT molecular complexity index is 443. The van der Waals surface area contributed by atoms with E-state index >= 15 is 0 Å². The molecule has 2 fully saturated rings. The van der Waals surface area contributed by atoms with E-state index in [-0.39, 0.29) is 5.91 Å². The molecule has 0 spiro atoms. The Morgan fingerprint density at radius 2 is 1.70 bits per heavy atom. The van der Waals surface area contributed by atoms with Gasteiger partial charge in [-0.05, 0) is 56.5 Å². The van der Waals surface area contributed by atoms with Gasteiger partial charge < -0.3 is 5.32 Å². The first-order valence-corrected chi connectivity index (χ1v) is 7.93. The lowest BCUT2D eigenvalue weighted by Gasteiger charge is -2.15. The smallest absolute Gasteiger partial charge is 0.251 e. The minimum atomic E-state index is 0.0876. The maximum absolute atomic E-state index is 12.1. The molecule has 20 heavy (non-hydrogen) atoms. The van der Waals surface area contributed by atoms with Crippen LogP contribution in [0.25, 0.3) is 0 Å². The van der Waals surface area contributed by atoms with E-state index < -0.39 is 0 Å². The van der Waals surface area contributed by atoms with Crippen molar-refractivity contribution in [3.8, 4) is 0 Å². The van der Waals surface area contributed by atoms with Crippen molar-refractivity contribution in [1.82, 2.24) is 10.2 Å². The molecular weight excluding hydrogens is 248 g/mol. The maximum Gasteiger partial charge on any atom is 0.251 e. The van der Waals surface area contributed by atoms with Crippen LogP contribution in [0.2, 0.25) is 0 Å². The van der Waals surface area contributed by atoms with Gasteiger partial charge in [-0.2, -0.15) is 0 Å². The van der Waals surface area contributed by atoms with E-state index in [0.717, 1.165) is 24.9 Å². The first-order valence-electron chi connectivity index (χ1n) is 7.93. The summed E-state index contributed by atoms with van der Waals surface area (Å²) in [5.74, 6) is 0.0876. The number of carbonyl (C=O) groups is 1. The first-order chi connectivity index (χ1) is 9.81. The number of benzene rings is 1. The quantitative estimate of drug-likeness (QED) is 0.914. The number of nitrogens with zero attached hydrogens (tertiary/aromatic N) is 1. The average molecular weight is 272 g/mol. The third kappa shape index (κ3) is 3.40. The summed E-state index contributed by atoms with van der Waals surface area (Å²) in [5, 5.41) is 3.14. The Morgan fingerprint density at radius 1 is 1.05 bits per heavy atom. The lowest BCUT2D eigenvalue weighted by atomic mass is 10.1. The summed E-state index contributed by atoms with van der Waals surface area (Å²) < 4.78 is 0. The van der Waals surface area contributed by atoms with Gasteiger partial charge in [0.2, 0.25) is 0 Å². The average Bonchev–Trinajstić information content (AvgIpc) is 3.13. The molecule has 1 heterocycles. The standard InChI is InChI=1S/C17H24N2O/c20-17(18-16-5-1-2-6-16)15-9-7-14(8-10-15)13-19-11-3-4-12-19/h7-10,16H,1-6,11-13H2,(H,18,20). The van der Waals surface area contributed by atoms with Crippen LogP contribution in [0.4, 0.5) is 0 Å². The van der Waals surface area contributed by atoms with Crippen molar-refractivity contribution in [2.45, 2.75) is 51.1 Å². The Morgan fingerprint density at radius 3 is 2.35 bits per heavy atom. The zero-order valence-electron chi connectivity index (χ0n) is 12.1. The van der Waals surface area contributed by atoms with Gasteiger partial charge in [0.15, 0.2) is 0 Å². The summed E-state index contributed by atoms with van der Waals surface area (Å²) in [6, 6.07) is 8.53. The van der Waals surface area contributed by atoms with Crippen molar-refractivity contribution >= 4 is 5.91 Å². The number of amides is 1. The van der Waals surface area contributed by atoms with Gasteiger partial charge in [0.05, 0.1) is 0 Å². The largest absolute Gasteiger partial charge is 0.349 e. The predicted octanol–water partition coefficient (Wildman–Crippen LogP) is 2.95. The minimum absolute atomic E-state index is 0.0876. The molecule has 3 nitrogen and oxygen atoms in total. The molecule has 2 aliphatic rings. The van der Waals surface area contributed by atoms with E-state index in [2.05, 4.69) is 22.3 Å². The summed E-state index contributed by atoms with van der Waals surface area (Å²) in [6.07, 6.45) is 7.42. The maximum atomic E-state index is 12.1. The zero-order valence-corrected chi connectivity index (χ0v) is 12.1. The van der Waals surface area contributed by atoms with Crippen molar-refractivity contribution < 1.29 is 4.79 Å². The van der Waals surface area contributed by atoms with Crippen molar-refractivity contribution in [1.29, 1.82) is 0 Å². The van der Waals surface area contributed by atoms with Crippen LogP contribution >= 0.6 is 0 Å². The van der Waals surface area contributed by atoms with Crippen molar-refractivity contribution in [3.05, 3.63) is 35.4 Å². The SMILES string of the molecule is O=C(NC1CCCC1)c1ccc(CN2CCCC2)cc1. The number of likely N-dealkylation sites (tertiary alicyclic amines) is 1. The molecule has 1 saturated heterocycles. The molecule has 1 aliphatic carbocycles. The molecule has 1 amide bonds. The summed E-state index contributed by atoms with van der Waals surface area (Å²) >= 11 is 0. The number of carbonyl (C=O) groups excluding carboxylic acids is 1. The molecule has 108 valence electrons. The predicted molar refractivity (Wildman–Crippen MR) is 80.7 cm³/mol. The van der Waals surface area contributed by atoms with Gasteiger partial charge in [0.1, 0.15) is 0 Å². The lowest BCUT2D eigenvalue weighted by Crippen LogP contribution is -2.32. The van der Waals surface area contributed by atoms with E-state index in [4.69, 9.17) is 0 Å². The zero-order chi connectivity index (χ0) is 13.8. The highest BCUT2D eigenvalue weighted by atomic mass is 16.1. The summed E-state index contributed by atoms with van der Waals surface area (Å²) in [7, 11) is 0. The van der Waals surface area contributed by atoms with Crippen LogP contribution in [-0.4, -0.2) is 29.9 Å². The second-order valence-electron chi connectivity index (χ2n) is 6.14. The second-order valence-corrected chi connectivity index (χ2v) is 6.14. The molecule has 1 aromatic carbocycles. The molecule has 3 heteroatoms. The van der Waals surface area contributed by atoms with E-state index in [0.29, 0.717) is 6.04 Å². The Labute approximate surface area is 121 Å². The van der Waals surface area contributed by atoms with Crippen molar-refractivity contribution in [2.75, 3.05) is 13.1 Å². The highest BCUT2D eigenvalue weighted by Crippen LogP contribution is 2.18. The topological polar surface area (TPSA) is 32.3 Å². The van der Waals surface area contributed by atoms with Gasteiger partial charge in [0, 0.05) is 18.2 Å². The van der Waals surface area contributed by atoms with Crippen LogP contribution in [0.5, 0.6) is 0 Å². The number of hydrogen-bond donors (Lipinski definition) is 1. The van der Waals surface area contributed by atoms with Crippen molar-refractivity contribution in [2.24, 2.45) is 0 Å². The fourth-order valence-electron chi connectivity index (χ4n) is 3.30. The van der Waals surface area contributed by atoms with E-state index in [9.17, 15) is 4.79 Å². The number of hydrogen-bond acceptors (Lipinski definition) is 2. The van der Waals surface area contributed by atoms with Crippen LogP contribution < -0.4 is 5.32 Å². The van der Waals surface area contributed by atoms with Crippen LogP contribution in [0.15, 0.2) is 24.3 Å². The Hall–Kier alpha value is -1.35. The molecule has 0 bridgehead atoms. The molecule has 0 radical (unpaired) electrons. The van der Waals surface area contributed by atoms with E-state index in [1.165, 1.54) is 44.3 Å². The monoisotopic (exact) mass is 272 g/mol. The summed E-state index contributed by atoms with van der Waals surface area (Å²) in [4.78, 5) is 14.6. The molecule has 1 aliphatic heterocycles. The summed E-state index contributed by atoms with van der Waals surface area (Å²) in [6.45, 7) is 3.44. The summed E-state index contributed by atoms with van der Waals surface area (Å²) in [5.41, 5.74) is 2.10. The Balaban J connectivity index is 1.55. The lowest BCUT2D eigenvalue weighted by molar-refractivity contribution is 0.0938. The van der Waals surface area contributed by atoms with Gasteiger partial charge >= 0.3 is 0 Å². The fourth-order valence-corrected chi connectivity index (χ4v) is 3.30. The normalized spacial score (nSPS) is 20.4. The molecular formula is C17H24N2O. The van der Waals surface area contributed by atoms with E-state index in [1.54, 1.807) is 0 Å². The van der Waals surface area contributed by atoms with Gasteiger partial charge in [0.25, 0.3) is 5.91 Å². The second kappa shape index (κ2) is 6.40. The van der Waals surface area contributed by atoms with Crippen LogP contribution in [-0.2, 0) is 6.54 Å². The van der Waals surface area contributed by atoms with Crippen LogP contribution in [0.3, 0.4) is 0 Å². The highest BCUT2D eigenvalue weighted by Gasteiger charge is 2.18. The third-order valence-corrected chi connectivity index (χ3v) is 4.51. The molecule has 1 N–H and O–H groups in total. The molecule has 0 unspecified atom stereocenters. The minimum Gasteiger partial charge on any atom is -0.349 e. The van der Waals surface area contributed by atoms with Crippen LogP contribution in [0, 0.1) is 0 Å². The highest BCUT2D eigenvalue weighted by molar-refractivity contribution is 5.94. The van der Waals surface area contributed by atoms with Gasteiger partial charge in [-0.1, -0.05) is 25.0 Å². The number of nitrogens with one attached hydrogen (secondary N) is 1. The number of rotatable bonds is 4. The third-order valence-electron chi connectivity index (χ3n) is 4.51. The van der Waals surface area contributed by atoms with Gasteiger partial charge in [-0.15, -0.1) is 0 Å². The molecule has 1 aromatic rings. The van der Waals surface area contributed by atoms with Gasteiger partial charge in [-0.3, -0.25) is 9.69 Å². The molecule has 3 rings (SSSR count). The Kier molecular flexibility index (Phi) is 4.36. The fraction of sp³-hybridized carbons (Fsp3) is 0.588. The molecule has 0 aromatic heterocycles. The molecule has 1 saturated carbocycles.